The van der Waals surface area contributed by atoms with Gasteiger partial charge in [-0.2, -0.15) is 0 Å². The lowest BCUT2D eigenvalue weighted by atomic mass is 9.77. The molecule has 1 fully saturated rings. The van der Waals surface area contributed by atoms with Gasteiger partial charge in [0, 0.05) is 24.9 Å². The molecule has 0 radical (unpaired) electrons. The summed E-state index contributed by atoms with van der Waals surface area (Å²) in [4.78, 5) is 26.1. The minimum absolute atomic E-state index is 0.281. The van der Waals surface area contributed by atoms with Crippen molar-refractivity contribution in [3.05, 3.63) is 35.9 Å². The van der Waals surface area contributed by atoms with Crippen LogP contribution in [0.25, 0.3) is 0 Å². The maximum Gasteiger partial charge on any atom is 0.410 e. The molecular weight excluding hydrogens is 278 g/mol. The standard InChI is InChI=1S/C18H25NO3/c1-3-18(2)11-13-19(12-7-10-16(18)20)17(21)22-14-15-8-5-4-6-9-15/h4-6,8-9H,3,7,10-14H2,1-2H3. The Morgan fingerprint density at radius 3 is 2.68 bits per heavy atom. The first-order valence-electron chi connectivity index (χ1n) is 8.04. The van der Waals surface area contributed by atoms with Gasteiger partial charge in [-0.3, -0.25) is 4.79 Å². The average Bonchev–Trinajstić information content (AvgIpc) is 2.54. The molecule has 22 heavy (non-hydrogen) atoms. The number of amides is 1. The van der Waals surface area contributed by atoms with Crippen molar-refractivity contribution in [1.29, 1.82) is 0 Å². The zero-order valence-corrected chi connectivity index (χ0v) is 13.5. The van der Waals surface area contributed by atoms with E-state index in [1.165, 1.54) is 0 Å². The van der Waals surface area contributed by atoms with Gasteiger partial charge in [0.05, 0.1) is 0 Å². The lowest BCUT2D eigenvalue weighted by Gasteiger charge is -2.33. The summed E-state index contributed by atoms with van der Waals surface area (Å²) < 4.78 is 5.39. The van der Waals surface area contributed by atoms with Crippen LogP contribution in [0.5, 0.6) is 0 Å². The second-order valence-corrected chi connectivity index (χ2v) is 6.22. The normalized spacial score (nSPS) is 22.8. The Kier molecular flexibility index (Phi) is 5.58. The maximum absolute atomic E-state index is 12.2. The minimum atomic E-state index is -0.307. The van der Waals surface area contributed by atoms with Gasteiger partial charge in [0.15, 0.2) is 0 Å². The molecule has 4 heteroatoms. The highest BCUT2D eigenvalue weighted by Gasteiger charge is 2.33. The number of hydrogen-bond acceptors (Lipinski definition) is 3. The van der Waals surface area contributed by atoms with Gasteiger partial charge in [-0.1, -0.05) is 44.2 Å². The molecule has 4 nitrogen and oxygen atoms in total. The Labute approximate surface area is 132 Å². The topological polar surface area (TPSA) is 46.6 Å². The van der Waals surface area contributed by atoms with E-state index < -0.39 is 0 Å². The van der Waals surface area contributed by atoms with E-state index in [4.69, 9.17) is 4.74 Å². The third-order valence-electron chi connectivity index (χ3n) is 4.68. The summed E-state index contributed by atoms with van der Waals surface area (Å²) in [5, 5.41) is 0. The number of Topliss-reactive ketones (excluding diaryl/α,β-unsaturated/α-hetero) is 1. The molecule has 0 aliphatic carbocycles. The third-order valence-corrected chi connectivity index (χ3v) is 4.68. The van der Waals surface area contributed by atoms with Crippen LogP contribution in [0.3, 0.4) is 0 Å². The summed E-state index contributed by atoms with van der Waals surface area (Å²) in [5.74, 6) is 0.326. The summed E-state index contributed by atoms with van der Waals surface area (Å²) >= 11 is 0. The van der Waals surface area contributed by atoms with E-state index in [9.17, 15) is 9.59 Å². The molecule has 1 aromatic rings. The van der Waals surface area contributed by atoms with E-state index in [2.05, 4.69) is 0 Å². The highest BCUT2D eigenvalue weighted by atomic mass is 16.6. The number of nitrogens with zero attached hydrogens (tertiary/aromatic N) is 1. The summed E-state index contributed by atoms with van der Waals surface area (Å²) in [6, 6.07) is 9.67. The molecule has 120 valence electrons. The molecule has 1 aliphatic rings. The van der Waals surface area contributed by atoms with Crippen LogP contribution in [-0.2, 0) is 16.1 Å². The smallest absolute Gasteiger partial charge is 0.410 e. The molecule has 0 bridgehead atoms. The van der Waals surface area contributed by atoms with Crippen LogP contribution in [0, 0.1) is 5.41 Å². The first kappa shape index (κ1) is 16.5. The summed E-state index contributed by atoms with van der Waals surface area (Å²) in [6.45, 7) is 5.52. The molecule has 1 unspecified atom stereocenters. The van der Waals surface area contributed by atoms with Gasteiger partial charge in [0.2, 0.25) is 0 Å². The van der Waals surface area contributed by atoms with Crippen molar-refractivity contribution in [2.75, 3.05) is 13.1 Å². The molecule has 0 N–H and O–H groups in total. The van der Waals surface area contributed by atoms with Crippen molar-refractivity contribution >= 4 is 11.9 Å². The number of likely N-dealkylation sites (tertiary alicyclic amines) is 1. The van der Waals surface area contributed by atoms with Crippen molar-refractivity contribution < 1.29 is 14.3 Å². The van der Waals surface area contributed by atoms with Crippen molar-refractivity contribution in [1.82, 2.24) is 4.90 Å². The van der Waals surface area contributed by atoms with Gasteiger partial charge in [-0.05, 0) is 24.8 Å². The van der Waals surface area contributed by atoms with E-state index in [1.54, 1.807) is 4.90 Å². The number of ether oxygens (including phenoxy) is 1. The van der Waals surface area contributed by atoms with Crippen LogP contribution >= 0.6 is 0 Å². The predicted octanol–water partition coefficient (Wildman–Crippen LogP) is 3.79. The molecule has 2 rings (SSSR count). The summed E-state index contributed by atoms with van der Waals surface area (Å²) in [6.07, 6.45) is 2.51. The van der Waals surface area contributed by atoms with Gasteiger partial charge in [0.25, 0.3) is 0 Å². The van der Waals surface area contributed by atoms with Crippen LogP contribution in [0.1, 0.15) is 45.1 Å². The zero-order valence-electron chi connectivity index (χ0n) is 13.5. The van der Waals surface area contributed by atoms with E-state index in [0.717, 1.165) is 18.4 Å². The van der Waals surface area contributed by atoms with Gasteiger partial charge in [-0.15, -0.1) is 0 Å². The molecule has 0 aromatic heterocycles. The van der Waals surface area contributed by atoms with Crippen LogP contribution in [0.15, 0.2) is 30.3 Å². The summed E-state index contributed by atoms with van der Waals surface area (Å²) in [7, 11) is 0. The number of hydrogen-bond donors (Lipinski definition) is 0. The van der Waals surface area contributed by atoms with E-state index in [0.29, 0.717) is 38.3 Å². The first-order chi connectivity index (χ1) is 10.5. The molecule has 1 aliphatic heterocycles. The molecule has 1 heterocycles. The lowest BCUT2D eigenvalue weighted by Crippen LogP contribution is -2.40. The van der Waals surface area contributed by atoms with Crippen molar-refractivity contribution in [3.8, 4) is 0 Å². The molecular formula is C18H25NO3. The van der Waals surface area contributed by atoms with Crippen molar-refractivity contribution in [3.63, 3.8) is 0 Å². The van der Waals surface area contributed by atoms with Crippen LogP contribution in [0.4, 0.5) is 4.79 Å². The highest BCUT2D eigenvalue weighted by molar-refractivity contribution is 5.84. The molecule has 1 atom stereocenters. The number of ketones is 1. The molecule has 1 saturated heterocycles. The number of carbonyl (C=O) groups excluding carboxylic acids is 2. The quantitative estimate of drug-likeness (QED) is 0.853. The van der Waals surface area contributed by atoms with E-state index >= 15 is 0 Å². The van der Waals surface area contributed by atoms with Gasteiger partial charge >= 0.3 is 6.09 Å². The summed E-state index contributed by atoms with van der Waals surface area (Å²) in [5.41, 5.74) is 0.676. The first-order valence-corrected chi connectivity index (χ1v) is 8.04. The van der Waals surface area contributed by atoms with E-state index in [-0.39, 0.29) is 11.5 Å². The Morgan fingerprint density at radius 1 is 1.27 bits per heavy atom. The lowest BCUT2D eigenvalue weighted by molar-refractivity contribution is -0.129. The van der Waals surface area contributed by atoms with Crippen LogP contribution < -0.4 is 0 Å². The third kappa shape index (κ3) is 4.09. The van der Waals surface area contributed by atoms with Crippen LogP contribution in [0.2, 0.25) is 0 Å². The van der Waals surface area contributed by atoms with E-state index in [1.807, 2.05) is 44.2 Å². The van der Waals surface area contributed by atoms with Gasteiger partial charge in [-0.25, -0.2) is 4.79 Å². The molecule has 0 spiro atoms. The number of rotatable bonds is 3. The highest BCUT2D eigenvalue weighted by Crippen LogP contribution is 2.31. The molecule has 0 saturated carbocycles. The fourth-order valence-corrected chi connectivity index (χ4v) is 2.73. The Hall–Kier alpha value is -1.84. The Balaban J connectivity index is 1.91. The Bertz CT molecular complexity index is 514. The number of carbonyl (C=O) groups is 2. The Morgan fingerprint density at radius 2 is 2.00 bits per heavy atom. The minimum Gasteiger partial charge on any atom is -0.445 e. The second-order valence-electron chi connectivity index (χ2n) is 6.22. The SMILES string of the molecule is CCC1(C)CCN(C(=O)OCc2ccccc2)CCCC1=O. The predicted molar refractivity (Wildman–Crippen MR) is 85.5 cm³/mol. The van der Waals surface area contributed by atoms with Gasteiger partial charge in [0.1, 0.15) is 12.4 Å². The monoisotopic (exact) mass is 303 g/mol. The maximum atomic E-state index is 12.2. The van der Waals surface area contributed by atoms with Gasteiger partial charge < -0.3 is 9.64 Å². The van der Waals surface area contributed by atoms with Crippen molar-refractivity contribution in [2.24, 2.45) is 5.41 Å². The zero-order chi connectivity index (χ0) is 16.0. The van der Waals surface area contributed by atoms with Crippen LogP contribution in [-0.4, -0.2) is 29.9 Å². The molecule has 1 aromatic carbocycles. The van der Waals surface area contributed by atoms with Crippen molar-refractivity contribution in [2.45, 2.75) is 46.1 Å². The fourth-order valence-electron chi connectivity index (χ4n) is 2.73. The second kappa shape index (κ2) is 7.43. The average molecular weight is 303 g/mol. The largest absolute Gasteiger partial charge is 0.445 e. The molecule has 1 amide bonds. The number of benzene rings is 1. The fraction of sp³-hybridized carbons (Fsp3) is 0.556.